The number of nitrogens with zero attached hydrogens (tertiary/aromatic N) is 3. The van der Waals surface area contributed by atoms with Crippen LogP contribution in [0.1, 0.15) is 46.0 Å². The monoisotopic (exact) mass is 370 g/mol. The molecule has 130 valence electrons. The van der Waals surface area contributed by atoms with E-state index in [2.05, 4.69) is 21.3 Å². The quantitative estimate of drug-likeness (QED) is 0.688. The highest BCUT2D eigenvalue weighted by atomic mass is 32.1. The molecule has 2 N–H and O–H groups in total. The fourth-order valence-corrected chi connectivity index (χ4v) is 6.30. The van der Waals surface area contributed by atoms with Gasteiger partial charge in [0.2, 0.25) is 0 Å². The first-order chi connectivity index (χ1) is 12.3. The number of thiophene rings is 2. The minimum atomic E-state index is 0.688. The van der Waals surface area contributed by atoms with Crippen molar-refractivity contribution in [1.29, 1.82) is 0 Å². The first-order valence-electron chi connectivity index (χ1n) is 9.12. The van der Waals surface area contributed by atoms with Gasteiger partial charge in [0.15, 0.2) is 0 Å². The van der Waals surface area contributed by atoms with Crippen molar-refractivity contribution < 1.29 is 0 Å². The highest BCUT2D eigenvalue weighted by Gasteiger charge is 2.21. The van der Waals surface area contributed by atoms with Gasteiger partial charge in [0.05, 0.1) is 11.9 Å². The fourth-order valence-electron chi connectivity index (χ4n) is 4.12. The third kappa shape index (κ3) is 2.86. The molecule has 0 atom stereocenters. The lowest BCUT2D eigenvalue weighted by Gasteiger charge is -2.26. The molecule has 0 saturated heterocycles. The van der Waals surface area contributed by atoms with Crippen molar-refractivity contribution in [2.75, 3.05) is 12.3 Å². The molecule has 0 unspecified atom stereocenters. The Hall–Kier alpha value is -1.50. The molecule has 0 aromatic carbocycles. The Morgan fingerprint density at radius 2 is 2.00 bits per heavy atom. The predicted octanol–water partition coefficient (Wildman–Crippen LogP) is 4.16. The zero-order valence-electron chi connectivity index (χ0n) is 14.3. The highest BCUT2D eigenvalue weighted by molar-refractivity contribution is 7.19. The summed E-state index contributed by atoms with van der Waals surface area (Å²) < 4.78 is 0. The molecule has 1 aliphatic heterocycles. The van der Waals surface area contributed by atoms with Crippen LogP contribution in [0.15, 0.2) is 11.4 Å². The highest BCUT2D eigenvalue weighted by Crippen LogP contribution is 2.37. The second kappa shape index (κ2) is 6.34. The third-order valence-electron chi connectivity index (χ3n) is 5.39. The van der Waals surface area contributed by atoms with Crippen LogP contribution >= 0.6 is 22.7 Å². The van der Waals surface area contributed by atoms with Crippen LogP contribution in [0.5, 0.6) is 0 Å². The van der Waals surface area contributed by atoms with Gasteiger partial charge < -0.3 is 5.73 Å². The van der Waals surface area contributed by atoms with Gasteiger partial charge in [0, 0.05) is 22.8 Å². The van der Waals surface area contributed by atoms with Gasteiger partial charge in [0.25, 0.3) is 0 Å². The van der Waals surface area contributed by atoms with Gasteiger partial charge in [-0.3, -0.25) is 4.90 Å². The number of hydrogen-bond donors (Lipinski definition) is 1. The fraction of sp³-hybridized carbons (Fsp3) is 0.474. The van der Waals surface area contributed by atoms with E-state index in [1.807, 2.05) is 22.7 Å². The SMILES string of the molecule is Nc1nc(CN2CCc3sccc3C2)nc2sc3c(c12)CCCCC3. The van der Waals surface area contributed by atoms with Crippen molar-refractivity contribution in [2.45, 2.75) is 51.6 Å². The maximum atomic E-state index is 6.38. The molecular weight excluding hydrogens is 348 g/mol. The zero-order chi connectivity index (χ0) is 16.8. The Bertz CT molecular complexity index is 927. The van der Waals surface area contributed by atoms with Crippen LogP contribution in [-0.2, 0) is 32.4 Å². The number of aromatic nitrogens is 2. The Morgan fingerprint density at radius 3 is 2.96 bits per heavy atom. The van der Waals surface area contributed by atoms with Gasteiger partial charge in [-0.1, -0.05) is 6.42 Å². The van der Waals surface area contributed by atoms with Crippen molar-refractivity contribution in [2.24, 2.45) is 0 Å². The average Bonchev–Trinajstić information content (AvgIpc) is 3.13. The lowest BCUT2D eigenvalue weighted by molar-refractivity contribution is 0.242. The van der Waals surface area contributed by atoms with E-state index in [0.29, 0.717) is 5.82 Å². The molecule has 1 aliphatic carbocycles. The number of hydrogen-bond acceptors (Lipinski definition) is 6. The normalized spacial score (nSPS) is 18.1. The van der Waals surface area contributed by atoms with Crippen molar-refractivity contribution >= 4 is 38.7 Å². The van der Waals surface area contributed by atoms with Crippen LogP contribution in [0.2, 0.25) is 0 Å². The summed E-state index contributed by atoms with van der Waals surface area (Å²) in [4.78, 5) is 16.1. The van der Waals surface area contributed by atoms with Gasteiger partial charge in [-0.05, 0) is 54.7 Å². The van der Waals surface area contributed by atoms with Crippen molar-refractivity contribution in [3.8, 4) is 0 Å². The van der Waals surface area contributed by atoms with Crippen molar-refractivity contribution in [3.63, 3.8) is 0 Å². The van der Waals surface area contributed by atoms with E-state index in [-0.39, 0.29) is 0 Å². The van der Waals surface area contributed by atoms with E-state index in [9.17, 15) is 0 Å². The molecule has 4 nitrogen and oxygen atoms in total. The minimum absolute atomic E-state index is 0.688. The third-order valence-corrected chi connectivity index (χ3v) is 7.60. The maximum absolute atomic E-state index is 6.38. The van der Waals surface area contributed by atoms with E-state index in [0.717, 1.165) is 48.5 Å². The number of nitrogen functional groups attached to an aromatic ring is 1. The minimum Gasteiger partial charge on any atom is -0.383 e. The van der Waals surface area contributed by atoms with E-state index in [1.165, 1.54) is 46.6 Å². The summed E-state index contributed by atoms with van der Waals surface area (Å²) in [5.41, 5.74) is 9.28. The van der Waals surface area contributed by atoms with Crippen LogP contribution < -0.4 is 5.73 Å². The molecule has 0 spiro atoms. The maximum Gasteiger partial charge on any atom is 0.146 e. The van der Waals surface area contributed by atoms with E-state index in [4.69, 9.17) is 10.7 Å². The van der Waals surface area contributed by atoms with Crippen LogP contribution in [0.25, 0.3) is 10.2 Å². The molecule has 25 heavy (non-hydrogen) atoms. The molecule has 0 fully saturated rings. The average molecular weight is 371 g/mol. The number of aryl methyl sites for hydroxylation is 2. The van der Waals surface area contributed by atoms with Crippen LogP contribution in [0.4, 0.5) is 5.82 Å². The lowest BCUT2D eigenvalue weighted by atomic mass is 10.1. The smallest absolute Gasteiger partial charge is 0.146 e. The first-order valence-corrected chi connectivity index (χ1v) is 10.8. The molecule has 5 rings (SSSR count). The summed E-state index contributed by atoms with van der Waals surface area (Å²) in [6.07, 6.45) is 7.32. The standard InChI is InChI=1S/C19H22N4S2/c20-18-17-13-4-2-1-3-5-15(13)25-19(17)22-16(21-18)11-23-8-6-14-12(10-23)7-9-24-14/h7,9H,1-6,8,10-11H2,(H2,20,21,22). The molecule has 6 heteroatoms. The van der Waals surface area contributed by atoms with Crippen molar-refractivity contribution in [1.82, 2.24) is 14.9 Å². The van der Waals surface area contributed by atoms with Gasteiger partial charge >= 0.3 is 0 Å². The van der Waals surface area contributed by atoms with Gasteiger partial charge in [-0.15, -0.1) is 22.7 Å². The van der Waals surface area contributed by atoms with Gasteiger partial charge in [-0.2, -0.15) is 0 Å². The largest absolute Gasteiger partial charge is 0.383 e. The molecule has 3 aromatic heterocycles. The number of anilines is 1. The summed E-state index contributed by atoms with van der Waals surface area (Å²) >= 11 is 3.72. The van der Waals surface area contributed by atoms with Crippen LogP contribution in [-0.4, -0.2) is 21.4 Å². The van der Waals surface area contributed by atoms with Gasteiger partial charge in [0.1, 0.15) is 16.5 Å². The van der Waals surface area contributed by atoms with Crippen LogP contribution in [0.3, 0.4) is 0 Å². The van der Waals surface area contributed by atoms with Crippen molar-refractivity contribution in [3.05, 3.63) is 38.2 Å². The first kappa shape index (κ1) is 15.7. The predicted molar refractivity (Wildman–Crippen MR) is 105 cm³/mol. The molecule has 0 radical (unpaired) electrons. The second-order valence-corrected chi connectivity index (χ2v) is 9.18. The summed E-state index contributed by atoms with van der Waals surface area (Å²) in [7, 11) is 0. The van der Waals surface area contributed by atoms with Crippen LogP contribution in [0, 0.1) is 0 Å². The number of nitrogens with two attached hydrogens (primary N) is 1. The molecule has 2 aliphatic rings. The Balaban J connectivity index is 1.45. The Labute approximate surface area is 155 Å². The lowest BCUT2D eigenvalue weighted by Crippen LogP contribution is -2.29. The summed E-state index contributed by atoms with van der Waals surface area (Å²) in [5.74, 6) is 1.56. The Morgan fingerprint density at radius 1 is 1.08 bits per heavy atom. The summed E-state index contributed by atoms with van der Waals surface area (Å²) in [5, 5.41) is 3.34. The second-order valence-electron chi connectivity index (χ2n) is 7.10. The number of fused-ring (bicyclic) bond motifs is 4. The zero-order valence-corrected chi connectivity index (χ0v) is 15.9. The molecule has 4 heterocycles. The van der Waals surface area contributed by atoms with E-state index in [1.54, 1.807) is 0 Å². The Kier molecular flexibility index (Phi) is 3.99. The number of rotatable bonds is 2. The molecule has 0 saturated carbocycles. The summed E-state index contributed by atoms with van der Waals surface area (Å²) in [6.45, 7) is 2.87. The molecule has 0 bridgehead atoms. The molecular formula is C19H22N4S2. The van der Waals surface area contributed by atoms with Gasteiger partial charge in [-0.25, -0.2) is 9.97 Å². The molecule has 0 amide bonds. The summed E-state index contributed by atoms with van der Waals surface area (Å²) in [6, 6.07) is 2.25. The molecule has 3 aromatic rings. The topological polar surface area (TPSA) is 55.0 Å². The van der Waals surface area contributed by atoms with E-state index >= 15 is 0 Å². The van der Waals surface area contributed by atoms with E-state index < -0.39 is 0 Å².